The first-order valence-corrected chi connectivity index (χ1v) is 9.42. The van der Waals surface area contributed by atoms with Crippen LogP contribution in [-0.2, 0) is 13.0 Å². The summed E-state index contributed by atoms with van der Waals surface area (Å²) in [6, 6.07) is 11.3. The second-order valence-corrected chi connectivity index (χ2v) is 7.31. The number of aromatic amines is 1. The number of hydrogen-bond acceptors (Lipinski definition) is 3. The molecule has 26 heavy (non-hydrogen) atoms. The summed E-state index contributed by atoms with van der Waals surface area (Å²) in [5.74, 6) is 0.941. The maximum absolute atomic E-state index is 6.14. The average molecular weight is 351 g/mol. The van der Waals surface area contributed by atoms with Gasteiger partial charge in [0.15, 0.2) is 0 Å². The molecule has 0 amide bonds. The lowest BCUT2D eigenvalue weighted by molar-refractivity contribution is 0.177. The van der Waals surface area contributed by atoms with Gasteiger partial charge < -0.3 is 9.72 Å². The monoisotopic (exact) mass is 351 g/mol. The molecule has 0 bridgehead atoms. The first-order chi connectivity index (χ1) is 12.6. The normalized spacial score (nSPS) is 11.8. The van der Waals surface area contributed by atoms with Crippen LogP contribution in [0.5, 0.6) is 5.75 Å². The quantitative estimate of drug-likeness (QED) is 0.633. The number of fused-ring (bicyclic) bond motifs is 1. The lowest BCUT2D eigenvalue weighted by Gasteiger charge is -2.30. The van der Waals surface area contributed by atoms with Crippen molar-refractivity contribution >= 4 is 10.9 Å². The highest BCUT2D eigenvalue weighted by Crippen LogP contribution is 2.30. The van der Waals surface area contributed by atoms with Gasteiger partial charge in [-0.05, 0) is 69.5 Å². The summed E-state index contributed by atoms with van der Waals surface area (Å²) in [4.78, 5) is 9.99. The van der Waals surface area contributed by atoms with Gasteiger partial charge in [-0.25, -0.2) is 0 Å². The van der Waals surface area contributed by atoms with Gasteiger partial charge in [0.05, 0.1) is 0 Å². The van der Waals surface area contributed by atoms with Crippen molar-refractivity contribution in [2.45, 2.75) is 52.8 Å². The molecule has 0 radical (unpaired) electrons. The molecule has 0 aliphatic carbocycles. The largest absolute Gasteiger partial charge is 0.488 e. The van der Waals surface area contributed by atoms with E-state index in [1.165, 1.54) is 10.9 Å². The van der Waals surface area contributed by atoms with E-state index in [2.05, 4.69) is 60.9 Å². The maximum atomic E-state index is 6.14. The van der Waals surface area contributed by atoms with E-state index in [0.29, 0.717) is 18.7 Å². The zero-order chi connectivity index (χ0) is 18.5. The highest BCUT2D eigenvalue weighted by molar-refractivity contribution is 5.89. The number of aromatic nitrogens is 2. The predicted octanol–water partition coefficient (Wildman–Crippen LogP) is 4.80. The summed E-state index contributed by atoms with van der Waals surface area (Å²) >= 11 is 0. The fourth-order valence-electron chi connectivity index (χ4n) is 3.54. The van der Waals surface area contributed by atoms with E-state index in [9.17, 15) is 0 Å². The Morgan fingerprint density at radius 2 is 1.77 bits per heavy atom. The van der Waals surface area contributed by atoms with E-state index >= 15 is 0 Å². The van der Waals surface area contributed by atoms with Crippen LogP contribution in [0.4, 0.5) is 0 Å². The third-order valence-corrected chi connectivity index (χ3v) is 4.86. The van der Waals surface area contributed by atoms with Gasteiger partial charge in [-0.2, -0.15) is 0 Å². The van der Waals surface area contributed by atoms with Crippen LogP contribution >= 0.6 is 0 Å². The van der Waals surface area contributed by atoms with Crippen molar-refractivity contribution in [3.8, 4) is 5.75 Å². The molecule has 138 valence electrons. The maximum Gasteiger partial charge on any atom is 0.129 e. The number of ether oxygens (including phenoxy) is 1. The van der Waals surface area contributed by atoms with Crippen molar-refractivity contribution in [1.29, 1.82) is 0 Å². The number of pyridine rings is 1. The van der Waals surface area contributed by atoms with Gasteiger partial charge in [-0.15, -0.1) is 0 Å². The Labute approximate surface area is 156 Å². The minimum Gasteiger partial charge on any atom is -0.488 e. The summed E-state index contributed by atoms with van der Waals surface area (Å²) in [6.45, 7) is 10.6. The molecule has 1 aromatic carbocycles. The Morgan fingerprint density at radius 3 is 2.46 bits per heavy atom. The Balaban J connectivity index is 1.79. The Morgan fingerprint density at radius 1 is 1.04 bits per heavy atom. The molecule has 3 aromatic rings. The minimum absolute atomic E-state index is 0.544. The second kappa shape index (κ2) is 8.37. The van der Waals surface area contributed by atoms with Gasteiger partial charge in [0.1, 0.15) is 12.4 Å². The van der Waals surface area contributed by atoms with Crippen LogP contribution in [0.1, 0.15) is 38.8 Å². The fourth-order valence-corrected chi connectivity index (χ4v) is 3.54. The van der Waals surface area contributed by atoms with E-state index < -0.39 is 0 Å². The zero-order valence-corrected chi connectivity index (χ0v) is 16.2. The summed E-state index contributed by atoms with van der Waals surface area (Å²) in [5, 5.41) is 1.20. The predicted molar refractivity (Wildman–Crippen MR) is 108 cm³/mol. The van der Waals surface area contributed by atoms with Crippen molar-refractivity contribution in [3.63, 3.8) is 0 Å². The Hall–Kier alpha value is -2.33. The van der Waals surface area contributed by atoms with Gasteiger partial charge in [-0.3, -0.25) is 9.88 Å². The smallest absolute Gasteiger partial charge is 0.129 e. The molecule has 2 aromatic heterocycles. The van der Waals surface area contributed by atoms with Crippen molar-refractivity contribution in [1.82, 2.24) is 14.9 Å². The van der Waals surface area contributed by atoms with Crippen LogP contribution in [0, 0.1) is 0 Å². The Bertz CT molecular complexity index is 816. The molecule has 0 atom stereocenters. The standard InChI is InChI=1S/C22H29N3O/c1-16(2)25(17(3)4)13-10-19-14-24-20-6-5-7-21(22(19)20)26-15-18-8-11-23-12-9-18/h5-9,11-12,14,16-17,24H,10,13,15H2,1-4H3. The van der Waals surface area contributed by atoms with Gasteiger partial charge in [0.2, 0.25) is 0 Å². The van der Waals surface area contributed by atoms with Gasteiger partial charge in [0, 0.05) is 48.1 Å². The van der Waals surface area contributed by atoms with Gasteiger partial charge in [-0.1, -0.05) is 6.07 Å². The lowest BCUT2D eigenvalue weighted by Crippen LogP contribution is -2.38. The highest BCUT2D eigenvalue weighted by Gasteiger charge is 2.15. The highest BCUT2D eigenvalue weighted by atomic mass is 16.5. The molecule has 0 spiro atoms. The molecule has 4 heteroatoms. The van der Waals surface area contributed by atoms with Crippen LogP contribution in [0.2, 0.25) is 0 Å². The van der Waals surface area contributed by atoms with Crippen LogP contribution < -0.4 is 4.74 Å². The molecule has 0 aliphatic heterocycles. The number of H-pyrrole nitrogens is 1. The molecule has 2 heterocycles. The van der Waals surface area contributed by atoms with Crippen molar-refractivity contribution in [3.05, 3.63) is 60.0 Å². The van der Waals surface area contributed by atoms with E-state index in [0.717, 1.165) is 29.8 Å². The molecule has 0 unspecified atom stereocenters. The van der Waals surface area contributed by atoms with Crippen LogP contribution in [0.25, 0.3) is 10.9 Å². The number of nitrogens with one attached hydrogen (secondary N) is 1. The topological polar surface area (TPSA) is 41.2 Å². The first-order valence-electron chi connectivity index (χ1n) is 9.42. The molecule has 1 N–H and O–H groups in total. The van der Waals surface area contributed by atoms with E-state index in [4.69, 9.17) is 4.74 Å². The molecule has 3 rings (SSSR count). The number of benzene rings is 1. The number of hydrogen-bond donors (Lipinski definition) is 1. The van der Waals surface area contributed by atoms with Crippen molar-refractivity contribution in [2.75, 3.05) is 6.54 Å². The third-order valence-electron chi connectivity index (χ3n) is 4.86. The number of nitrogens with zero attached hydrogens (tertiary/aromatic N) is 2. The van der Waals surface area contributed by atoms with Gasteiger partial charge in [0.25, 0.3) is 0 Å². The average Bonchev–Trinajstić information content (AvgIpc) is 3.04. The van der Waals surface area contributed by atoms with Crippen molar-refractivity contribution in [2.24, 2.45) is 0 Å². The third kappa shape index (κ3) is 4.25. The molecule has 0 saturated heterocycles. The van der Waals surface area contributed by atoms with E-state index in [1.54, 1.807) is 12.4 Å². The van der Waals surface area contributed by atoms with Crippen LogP contribution in [0.3, 0.4) is 0 Å². The fraction of sp³-hybridized carbons (Fsp3) is 0.409. The zero-order valence-electron chi connectivity index (χ0n) is 16.2. The number of rotatable bonds is 8. The summed E-state index contributed by atoms with van der Waals surface area (Å²) in [6.07, 6.45) is 6.73. The Kier molecular flexibility index (Phi) is 5.94. The lowest BCUT2D eigenvalue weighted by atomic mass is 10.1. The van der Waals surface area contributed by atoms with Gasteiger partial charge >= 0.3 is 0 Å². The molecule has 4 nitrogen and oxygen atoms in total. The van der Waals surface area contributed by atoms with Crippen LogP contribution in [-0.4, -0.2) is 33.5 Å². The summed E-state index contributed by atoms with van der Waals surface area (Å²) in [5.41, 5.74) is 3.57. The molecular formula is C22H29N3O. The molecule has 0 aliphatic rings. The van der Waals surface area contributed by atoms with Crippen molar-refractivity contribution < 1.29 is 4.74 Å². The summed E-state index contributed by atoms with van der Waals surface area (Å²) < 4.78 is 6.14. The van der Waals surface area contributed by atoms with E-state index in [-0.39, 0.29) is 0 Å². The second-order valence-electron chi connectivity index (χ2n) is 7.31. The molecule has 0 fully saturated rings. The molecule has 0 saturated carbocycles. The summed E-state index contributed by atoms with van der Waals surface area (Å²) in [7, 11) is 0. The van der Waals surface area contributed by atoms with E-state index in [1.807, 2.05) is 18.2 Å². The minimum atomic E-state index is 0.544. The van der Waals surface area contributed by atoms with Crippen LogP contribution in [0.15, 0.2) is 48.9 Å². The SMILES string of the molecule is CC(C)N(CCc1c[nH]c2cccc(OCc3ccncc3)c12)C(C)C. The molecular weight excluding hydrogens is 322 g/mol. The first kappa shape index (κ1) is 18.5.